The van der Waals surface area contributed by atoms with Gasteiger partial charge in [0.05, 0.1) is 4.86 Å². The van der Waals surface area contributed by atoms with Crippen LogP contribution >= 0.6 is 0 Å². The Morgan fingerprint density at radius 2 is 1.50 bits per heavy atom. The van der Waals surface area contributed by atoms with Crippen molar-refractivity contribution in [1.29, 1.82) is 0 Å². The lowest BCUT2D eigenvalue weighted by molar-refractivity contribution is -0.137. The minimum absolute atomic E-state index is 0.106. The Hall–Kier alpha value is -2.14. The first kappa shape index (κ1) is 13.9. The topological polar surface area (TPSA) is 71.4 Å². The molecule has 1 unspecified atom stereocenters. The SMILES string of the molecule is O=C(O)C1C=CC=CC1=S(=O)=O.c1ccccc1. The maximum Gasteiger partial charge on any atom is 0.315 e. The first-order chi connectivity index (χ1) is 8.63. The van der Waals surface area contributed by atoms with Crippen molar-refractivity contribution >= 4 is 21.1 Å². The molecule has 1 aliphatic rings. The maximum absolute atomic E-state index is 10.5. The van der Waals surface area contributed by atoms with Crippen molar-refractivity contribution in [3.63, 3.8) is 0 Å². The van der Waals surface area contributed by atoms with E-state index in [2.05, 4.69) is 0 Å². The van der Waals surface area contributed by atoms with Crippen LogP contribution in [0.15, 0.2) is 60.7 Å². The lowest BCUT2D eigenvalue weighted by Crippen LogP contribution is -2.22. The third-order valence-electron chi connectivity index (χ3n) is 2.11. The zero-order valence-corrected chi connectivity index (χ0v) is 10.2. The van der Waals surface area contributed by atoms with Gasteiger partial charge in [-0.25, -0.2) is 0 Å². The molecule has 0 fully saturated rings. The number of benzene rings is 1. The van der Waals surface area contributed by atoms with Crippen molar-refractivity contribution in [3.8, 4) is 0 Å². The molecule has 1 aromatic rings. The van der Waals surface area contributed by atoms with E-state index in [1.165, 1.54) is 24.3 Å². The van der Waals surface area contributed by atoms with Gasteiger partial charge in [-0.2, -0.15) is 8.42 Å². The van der Waals surface area contributed by atoms with E-state index in [1.807, 2.05) is 36.4 Å². The largest absolute Gasteiger partial charge is 0.481 e. The summed E-state index contributed by atoms with van der Waals surface area (Å²) in [4.78, 5) is 10.4. The summed E-state index contributed by atoms with van der Waals surface area (Å²) in [5, 5.41) is 8.58. The van der Waals surface area contributed by atoms with Crippen LogP contribution < -0.4 is 0 Å². The minimum atomic E-state index is -2.45. The summed E-state index contributed by atoms with van der Waals surface area (Å²) in [5.74, 6) is -2.19. The molecule has 1 atom stereocenters. The van der Waals surface area contributed by atoms with Gasteiger partial charge in [0.1, 0.15) is 5.92 Å². The lowest BCUT2D eigenvalue weighted by atomic mass is 10.0. The highest BCUT2D eigenvalue weighted by Gasteiger charge is 2.21. The van der Waals surface area contributed by atoms with Crippen LogP contribution in [-0.4, -0.2) is 24.4 Å². The number of rotatable bonds is 1. The van der Waals surface area contributed by atoms with Gasteiger partial charge in [0.25, 0.3) is 0 Å². The fraction of sp³-hybridized carbons (Fsp3) is 0.0769. The fourth-order valence-electron chi connectivity index (χ4n) is 1.27. The number of carboxylic acids is 1. The number of carbonyl (C=O) groups is 1. The van der Waals surface area contributed by atoms with Crippen molar-refractivity contribution in [1.82, 2.24) is 0 Å². The second-order valence-electron chi connectivity index (χ2n) is 3.35. The smallest absolute Gasteiger partial charge is 0.315 e. The Morgan fingerprint density at radius 1 is 1.00 bits per heavy atom. The third kappa shape index (κ3) is 4.39. The van der Waals surface area contributed by atoms with Crippen molar-refractivity contribution in [3.05, 3.63) is 60.7 Å². The summed E-state index contributed by atoms with van der Waals surface area (Å²) >= 11 is 0. The van der Waals surface area contributed by atoms with Gasteiger partial charge in [-0.15, -0.1) is 0 Å². The van der Waals surface area contributed by atoms with Crippen molar-refractivity contribution in [2.75, 3.05) is 0 Å². The Labute approximate surface area is 106 Å². The molecule has 0 saturated carbocycles. The van der Waals surface area contributed by atoms with Gasteiger partial charge < -0.3 is 5.11 Å². The fourth-order valence-corrected chi connectivity index (χ4v) is 1.85. The van der Waals surface area contributed by atoms with E-state index in [9.17, 15) is 13.2 Å². The highest BCUT2D eigenvalue weighted by molar-refractivity contribution is 7.73. The van der Waals surface area contributed by atoms with Gasteiger partial charge in [0, 0.05) is 0 Å². The molecule has 4 nitrogen and oxygen atoms in total. The van der Waals surface area contributed by atoms with Gasteiger partial charge >= 0.3 is 5.97 Å². The normalized spacial score (nSPS) is 16.7. The summed E-state index contributed by atoms with van der Waals surface area (Å²) in [5.41, 5.74) is 0. The van der Waals surface area contributed by atoms with E-state index >= 15 is 0 Å². The first-order valence-corrected chi connectivity index (χ1v) is 6.24. The highest BCUT2D eigenvalue weighted by atomic mass is 32.2. The van der Waals surface area contributed by atoms with Crippen LogP contribution in [0.25, 0.3) is 0 Å². The molecule has 0 radical (unpaired) electrons. The van der Waals surface area contributed by atoms with E-state index < -0.39 is 22.2 Å². The van der Waals surface area contributed by atoms with Crippen LogP contribution in [0.5, 0.6) is 0 Å². The molecule has 0 aromatic heterocycles. The molecular formula is C13H12O4S. The van der Waals surface area contributed by atoms with Crippen LogP contribution in [0.1, 0.15) is 0 Å². The predicted octanol–water partition coefficient (Wildman–Crippen LogP) is 1.55. The second kappa shape index (κ2) is 7.24. The molecule has 0 aliphatic heterocycles. The van der Waals surface area contributed by atoms with E-state index in [-0.39, 0.29) is 4.86 Å². The standard InChI is InChI=1S/C7H6O4S.C6H6/c8-7(9)5-3-1-2-4-6(5)12(10)11;1-2-4-6-5-3-1/h1-5H,(H,8,9);1-6H. The molecule has 1 aromatic carbocycles. The molecule has 0 amide bonds. The molecule has 2 rings (SSSR count). The average Bonchev–Trinajstić information content (AvgIpc) is 2.41. The van der Waals surface area contributed by atoms with Gasteiger partial charge in [0.15, 0.2) is 0 Å². The number of hydrogen-bond acceptors (Lipinski definition) is 3. The Balaban J connectivity index is 0.000000225. The van der Waals surface area contributed by atoms with E-state index in [1.54, 1.807) is 0 Å². The van der Waals surface area contributed by atoms with Crippen molar-refractivity contribution in [2.24, 2.45) is 5.92 Å². The van der Waals surface area contributed by atoms with Gasteiger partial charge in [-0.1, -0.05) is 54.6 Å². The summed E-state index contributed by atoms with van der Waals surface area (Å²) in [6, 6.07) is 12.0. The molecule has 1 aliphatic carbocycles. The van der Waals surface area contributed by atoms with Crippen LogP contribution in [0.3, 0.4) is 0 Å². The van der Waals surface area contributed by atoms with Crippen molar-refractivity contribution in [2.45, 2.75) is 0 Å². The molecule has 18 heavy (non-hydrogen) atoms. The van der Waals surface area contributed by atoms with Gasteiger partial charge in [-0.05, 0) is 6.08 Å². The van der Waals surface area contributed by atoms with Crippen LogP contribution in [0, 0.1) is 5.92 Å². The average molecular weight is 264 g/mol. The Morgan fingerprint density at radius 3 is 1.83 bits per heavy atom. The van der Waals surface area contributed by atoms with Crippen molar-refractivity contribution < 1.29 is 18.3 Å². The van der Waals surface area contributed by atoms with E-state index in [4.69, 9.17) is 5.11 Å². The number of allylic oxidation sites excluding steroid dienone is 3. The van der Waals surface area contributed by atoms with E-state index in [0.717, 1.165) is 0 Å². The Bertz CT molecular complexity index is 548. The zero-order chi connectivity index (χ0) is 13.4. The summed E-state index contributed by atoms with van der Waals surface area (Å²) in [6.45, 7) is 0. The van der Waals surface area contributed by atoms with Crippen LogP contribution in [0.2, 0.25) is 0 Å². The monoisotopic (exact) mass is 264 g/mol. The molecule has 0 heterocycles. The third-order valence-corrected chi connectivity index (χ3v) is 2.88. The molecule has 5 heteroatoms. The van der Waals surface area contributed by atoms with E-state index in [0.29, 0.717) is 0 Å². The summed E-state index contributed by atoms with van der Waals surface area (Å²) < 4.78 is 21.0. The number of carboxylic acid groups (broad SMARTS) is 1. The lowest BCUT2D eigenvalue weighted by Gasteiger charge is -2.06. The molecule has 0 bridgehead atoms. The number of aliphatic carboxylic acids is 1. The van der Waals surface area contributed by atoms with Crippen LogP contribution in [-0.2, 0) is 15.1 Å². The molecular weight excluding hydrogens is 252 g/mol. The minimum Gasteiger partial charge on any atom is -0.481 e. The quantitative estimate of drug-likeness (QED) is 0.781. The van der Waals surface area contributed by atoms with Gasteiger partial charge in [0.2, 0.25) is 10.3 Å². The van der Waals surface area contributed by atoms with Gasteiger partial charge in [-0.3, -0.25) is 4.79 Å². The Kier molecular flexibility index (Phi) is 5.60. The summed E-state index contributed by atoms with van der Waals surface area (Å²) in [6.07, 6.45) is 5.61. The second-order valence-corrected chi connectivity index (χ2v) is 4.29. The maximum atomic E-state index is 10.5. The number of hydrogen-bond donors (Lipinski definition) is 1. The zero-order valence-electron chi connectivity index (χ0n) is 9.43. The van der Waals surface area contributed by atoms with Crippen LogP contribution in [0.4, 0.5) is 0 Å². The molecule has 0 saturated heterocycles. The highest BCUT2D eigenvalue weighted by Crippen LogP contribution is 2.08. The summed E-state index contributed by atoms with van der Waals surface area (Å²) in [7, 11) is -2.45. The molecule has 0 spiro atoms. The first-order valence-electron chi connectivity index (χ1n) is 5.16. The predicted molar refractivity (Wildman–Crippen MR) is 69.8 cm³/mol. The molecule has 1 N–H and O–H groups in total. The molecule has 94 valence electrons.